The van der Waals surface area contributed by atoms with Gasteiger partial charge in [0.15, 0.2) is 6.61 Å². The van der Waals surface area contributed by atoms with Gasteiger partial charge in [-0.15, -0.1) is 0 Å². The van der Waals surface area contributed by atoms with Gasteiger partial charge in [-0.25, -0.2) is 4.98 Å². The molecule has 26 heavy (non-hydrogen) atoms. The van der Waals surface area contributed by atoms with Gasteiger partial charge >= 0.3 is 0 Å². The summed E-state index contributed by atoms with van der Waals surface area (Å²) in [6.07, 6.45) is 6.19. The first-order valence-corrected chi connectivity index (χ1v) is 8.72. The maximum Gasteiger partial charge on any atom is 0.271 e. The van der Waals surface area contributed by atoms with E-state index in [9.17, 15) is 9.59 Å². The zero-order valence-electron chi connectivity index (χ0n) is 14.5. The van der Waals surface area contributed by atoms with Crippen LogP contribution < -0.4 is 10.1 Å². The Labute approximate surface area is 152 Å². The molecule has 0 spiro atoms. The Morgan fingerprint density at radius 3 is 2.62 bits per heavy atom. The Morgan fingerprint density at radius 2 is 1.92 bits per heavy atom. The second-order valence-corrected chi connectivity index (χ2v) is 6.23. The van der Waals surface area contributed by atoms with Crippen molar-refractivity contribution < 1.29 is 14.3 Å². The minimum Gasteiger partial charge on any atom is -0.484 e. The van der Waals surface area contributed by atoms with Crippen LogP contribution in [0.1, 0.15) is 23.3 Å². The van der Waals surface area contributed by atoms with E-state index >= 15 is 0 Å². The molecule has 7 heteroatoms. The fraction of sp³-hybridized carbons (Fsp3) is 0.368. The van der Waals surface area contributed by atoms with Crippen molar-refractivity contribution in [2.24, 2.45) is 5.92 Å². The van der Waals surface area contributed by atoms with E-state index < -0.39 is 0 Å². The molecule has 0 aliphatic carbocycles. The van der Waals surface area contributed by atoms with Crippen molar-refractivity contribution in [3.05, 3.63) is 54.6 Å². The molecule has 0 bridgehead atoms. The summed E-state index contributed by atoms with van der Waals surface area (Å²) in [6.45, 7) is 2.00. The van der Waals surface area contributed by atoms with E-state index in [2.05, 4.69) is 15.3 Å². The summed E-state index contributed by atoms with van der Waals surface area (Å²) in [7, 11) is 0. The van der Waals surface area contributed by atoms with E-state index in [1.165, 1.54) is 18.6 Å². The highest BCUT2D eigenvalue weighted by Crippen LogP contribution is 2.17. The van der Waals surface area contributed by atoms with Crippen molar-refractivity contribution in [2.45, 2.75) is 12.8 Å². The number of rotatable bonds is 6. The number of piperidine rings is 1. The monoisotopic (exact) mass is 354 g/mol. The molecule has 0 radical (unpaired) electrons. The van der Waals surface area contributed by atoms with Crippen LogP contribution in [0.4, 0.5) is 0 Å². The molecule has 2 heterocycles. The summed E-state index contributed by atoms with van der Waals surface area (Å²) in [5.41, 5.74) is 0.318. The number of likely N-dealkylation sites (tertiary alicyclic amines) is 1. The number of benzene rings is 1. The van der Waals surface area contributed by atoms with Crippen LogP contribution in [0, 0.1) is 5.92 Å². The molecule has 0 unspecified atom stereocenters. The molecule has 1 aromatic heterocycles. The van der Waals surface area contributed by atoms with Crippen molar-refractivity contribution in [1.29, 1.82) is 0 Å². The molecule has 1 saturated heterocycles. The van der Waals surface area contributed by atoms with Crippen molar-refractivity contribution in [3.63, 3.8) is 0 Å². The lowest BCUT2D eigenvalue weighted by Gasteiger charge is -2.32. The van der Waals surface area contributed by atoms with E-state index in [1.54, 1.807) is 0 Å². The predicted molar refractivity (Wildman–Crippen MR) is 95.6 cm³/mol. The van der Waals surface area contributed by atoms with E-state index in [1.807, 2.05) is 35.2 Å². The van der Waals surface area contributed by atoms with E-state index in [-0.39, 0.29) is 18.4 Å². The summed E-state index contributed by atoms with van der Waals surface area (Å²) < 4.78 is 5.51. The summed E-state index contributed by atoms with van der Waals surface area (Å²) in [6, 6.07) is 9.32. The Hall–Kier alpha value is -2.96. The van der Waals surface area contributed by atoms with Crippen molar-refractivity contribution in [2.75, 3.05) is 26.2 Å². The first kappa shape index (κ1) is 17.8. The SMILES string of the molecule is O=C(NCC1CCN(C(=O)COc2ccccc2)CC1)c1cnccn1. The molecular weight excluding hydrogens is 332 g/mol. The lowest BCUT2D eigenvalue weighted by Crippen LogP contribution is -2.43. The number of carbonyl (C=O) groups excluding carboxylic acids is 2. The van der Waals surface area contributed by atoms with Gasteiger partial charge in [-0.2, -0.15) is 0 Å². The zero-order valence-corrected chi connectivity index (χ0v) is 14.5. The maximum atomic E-state index is 12.2. The quantitative estimate of drug-likeness (QED) is 0.850. The fourth-order valence-electron chi connectivity index (χ4n) is 2.88. The number of amides is 2. The van der Waals surface area contributed by atoms with E-state index in [4.69, 9.17) is 4.74 Å². The molecule has 1 N–H and O–H groups in total. The van der Waals surface area contributed by atoms with Gasteiger partial charge in [0.05, 0.1) is 6.20 Å². The van der Waals surface area contributed by atoms with Gasteiger partial charge in [-0.3, -0.25) is 14.6 Å². The molecule has 0 saturated carbocycles. The number of para-hydroxylation sites is 1. The second-order valence-electron chi connectivity index (χ2n) is 6.23. The van der Waals surface area contributed by atoms with Crippen LogP contribution in [0.25, 0.3) is 0 Å². The minimum atomic E-state index is -0.215. The number of ether oxygens (including phenoxy) is 1. The minimum absolute atomic E-state index is 0.00380. The number of hydrogen-bond acceptors (Lipinski definition) is 5. The van der Waals surface area contributed by atoms with Gasteiger partial charge in [0.25, 0.3) is 11.8 Å². The van der Waals surface area contributed by atoms with Gasteiger partial charge in [-0.1, -0.05) is 18.2 Å². The Balaban J connectivity index is 1.37. The van der Waals surface area contributed by atoms with Crippen molar-refractivity contribution in [1.82, 2.24) is 20.2 Å². The number of nitrogens with zero attached hydrogens (tertiary/aromatic N) is 3. The first-order chi connectivity index (χ1) is 12.7. The van der Waals surface area contributed by atoms with Crippen molar-refractivity contribution >= 4 is 11.8 Å². The molecule has 7 nitrogen and oxygen atoms in total. The number of hydrogen-bond donors (Lipinski definition) is 1. The number of carbonyl (C=O) groups is 2. The average molecular weight is 354 g/mol. The summed E-state index contributed by atoms with van der Waals surface area (Å²) in [5.74, 6) is 0.834. The van der Waals surface area contributed by atoms with Gasteiger partial charge in [0.1, 0.15) is 11.4 Å². The second kappa shape index (κ2) is 8.94. The van der Waals surface area contributed by atoms with E-state index in [0.717, 1.165) is 12.8 Å². The predicted octanol–water partition coefficient (Wildman–Crippen LogP) is 1.52. The van der Waals surface area contributed by atoms with Gasteiger partial charge in [0.2, 0.25) is 0 Å². The molecule has 1 aromatic carbocycles. The van der Waals surface area contributed by atoms with Gasteiger partial charge in [-0.05, 0) is 30.9 Å². The Kier molecular flexibility index (Phi) is 6.14. The average Bonchev–Trinajstić information content (AvgIpc) is 2.72. The fourth-order valence-corrected chi connectivity index (χ4v) is 2.88. The summed E-state index contributed by atoms with van der Waals surface area (Å²) in [4.78, 5) is 33.9. The van der Waals surface area contributed by atoms with E-state index in [0.29, 0.717) is 37.0 Å². The Bertz CT molecular complexity index is 716. The van der Waals surface area contributed by atoms with Crippen LogP contribution in [0.15, 0.2) is 48.9 Å². The topological polar surface area (TPSA) is 84.4 Å². The number of aromatic nitrogens is 2. The van der Waals surface area contributed by atoms with Crippen LogP contribution in [-0.4, -0.2) is 52.9 Å². The third-order valence-electron chi connectivity index (χ3n) is 4.42. The van der Waals surface area contributed by atoms with Crippen LogP contribution in [0.3, 0.4) is 0 Å². The number of nitrogens with one attached hydrogen (secondary N) is 1. The zero-order chi connectivity index (χ0) is 18.2. The molecule has 136 valence electrons. The first-order valence-electron chi connectivity index (χ1n) is 8.72. The highest BCUT2D eigenvalue weighted by Gasteiger charge is 2.23. The van der Waals surface area contributed by atoms with Crippen LogP contribution >= 0.6 is 0 Å². The smallest absolute Gasteiger partial charge is 0.271 e. The largest absolute Gasteiger partial charge is 0.484 e. The molecular formula is C19H22N4O3. The normalized spacial score (nSPS) is 14.7. The lowest BCUT2D eigenvalue weighted by atomic mass is 9.96. The molecule has 3 rings (SSSR count). The highest BCUT2D eigenvalue weighted by atomic mass is 16.5. The van der Waals surface area contributed by atoms with Crippen LogP contribution in [0.2, 0.25) is 0 Å². The molecule has 1 aliphatic heterocycles. The van der Waals surface area contributed by atoms with Gasteiger partial charge in [0, 0.05) is 32.0 Å². The highest BCUT2D eigenvalue weighted by molar-refractivity contribution is 5.91. The van der Waals surface area contributed by atoms with Crippen molar-refractivity contribution in [3.8, 4) is 5.75 Å². The Morgan fingerprint density at radius 1 is 1.15 bits per heavy atom. The summed E-state index contributed by atoms with van der Waals surface area (Å²) in [5, 5.41) is 2.89. The summed E-state index contributed by atoms with van der Waals surface area (Å²) >= 11 is 0. The molecule has 0 atom stereocenters. The van der Waals surface area contributed by atoms with Crippen LogP contribution in [0.5, 0.6) is 5.75 Å². The van der Waals surface area contributed by atoms with Crippen LogP contribution in [-0.2, 0) is 4.79 Å². The molecule has 2 amide bonds. The third-order valence-corrected chi connectivity index (χ3v) is 4.42. The molecule has 1 aliphatic rings. The molecule has 1 fully saturated rings. The van der Waals surface area contributed by atoms with Gasteiger partial charge < -0.3 is 15.0 Å². The standard InChI is InChI=1S/C19H22N4O3/c24-18(14-26-16-4-2-1-3-5-16)23-10-6-15(7-11-23)12-22-19(25)17-13-20-8-9-21-17/h1-5,8-9,13,15H,6-7,10-12,14H2,(H,22,25). The molecule has 2 aromatic rings. The third kappa shape index (κ3) is 5.02. The maximum absolute atomic E-state index is 12.2. The lowest BCUT2D eigenvalue weighted by molar-refractivity contribution is -0.134.